The van der Waals surface area contributed by atoms with Crippen LogP contribution in [-0.4, -0.2) is 74.9 Å². The molecule has 0 spiro atoms. The second kappa shape index (κ2) is 52.9. The van der Waals surface area contributed by atoms with Crippen LogP contribution in [0.4, 0.5) is 0 Å². The molecule has 418 valence electrons. The van der Waals surface area contributed by atoms with Gasteiger partial charge in [0.05, 0.1) is 27.7 Å². The van der Waals surface area contributed by atoms with Crippen LogP contribution in [0.1, 0.15) is 322 Å². The first-order chi connectivity index (χ1) is 34.0. The molecule has 0 aliphatic carbocycles. The lowest BCUT2D eigenvalue weighted by atomic mass is 10.0. The third-order valence-corrected chi connectivity index (χ3v) is 15.1. The van der Waals surface area contributed by atoms with Gasteiger partial charge in [0.1, 0.15) is 19.8 Å². The number of carbonyl (C=O) groups is 2. The number of esters is 2. The number of likely N-dealkylation sites (N-methyl/N-ethyl adjacent to an activating group) is 1. The van der Waals surface area contributed by atoms with Gasteiger partial charge in [-0.25, -0.2) is 4.57 Å². The Kier molecular flexibility index (Phi) is 52.1. The zero-order valence-corrected chi connectivity index (χ0v) is 48.4. The fourth-order valence-electron chi connectivity index (χ4n) is 9.37. The molecule has 0 saturated heterocycles. The molecule has 0 aliphatic rings. The van der Waals surface area contributed by atoms with E-state index in [-0.39, 0.29) is 25.6 Å². The number of nitrogens with zero attached hydrogens (tertiary/aromatic N) is 1. The summed E-state index contributed by atoms with van der Waals surface area (Å²) in [7, 11) is 1.50. The quantitative estimate of drug-likeness (QED) is 0.0278. The van der Waals surface area contributed by atoms with Gasteiger partial charge in [0, 0.05) is 12.8 Å². The van der Waals surface area contributed by atoms with E-state index < -0.39 is 26.5 Å². The number of unbranched alkanes of at least 4 members (excludes halogenated alkanes) is 44. The van der Waals surface area contributed by atoms with E-state index in [0.717, 1.165) is 38.5 Å². The highest BCUT2D eigenvalue weighted by Gasteiger charge is 2.27. The molecule has 0 rings (SSSR count). The summed E-state index contributed by atoms with van der Waals surface area (Å²) < 4.78 is 34.5. The lowest BCUT2D eigenvalue weighted by Crippen LogP contribution is -2.37. The van der Waals surface area contributed by atoms with E-state index in [1.807, 2.05) is 21.1 Å². The van der Waals surface area contributed by atoms with Crippen molar-refractivity contribution in [1.82, 2.24) is 0 Å². The molecular weight excluding hydrogens is 894 g/mol. The summed E-state index contributed by atoms with van der Waals surface area (Å²) in [4.78, 5) is 35.6. The van der Waals surface area contributed by atoms with Gasteiger partial charge in [0.15, 0.2) is 6.10 Å². The number of phosphoric ester groups is 1. The number of hydrogen-bond acceptors (Lipinski definition) is 7. The molecule has 10 heteroatoms. The van der Waals surface area contributed by atoms with Gasteiger partial charge in [-0.05, 0) is 12.8 Å². The number of ether oxygens (including phenoxy) is 2. The standard InChI is InChI=1S/C60H120NO8P/c1-6-8-10-12-14-16-18-20-21-22-23-24-25-26-27-28-29-30-31-32-33-34-35-36-37-38-39-41-43-45-47-49-51-53-60(63)69-58(57-68-70(64,65)67-55-54-61(3,4)5)56-66-59(62)52-50-48-46-44-42-40-19-17-15-13-11-9-7-2/h58H,6-57H2,1-5H3/p+1. The maximum atomic E-state index is 12.8. The molecule has 0 aromatic rings. The van der Waals surface area contributed by atoms with Gasteiger partial charge < -0.3 is 18.9 Å². The Labute approximate surface area is 435 Å². The predicted molar refractivity (Wildman–Crippen MR) is 298 cm³/mol. The smallest absolute Gasteiger partial charge is 0.462 e. The third kappa shape index (κ3) is 56.3. The average Bonchev–Trinajstić information content (AvgIpc) is 3.32. The molecule has 0 heterocycles. The average molecular weight is 1020 g/mol. The van der Waals surface area contributed by atoms with Crippen LogP contribution in [0.5, 0.6) is 0 Å². The Bertz CT molecular complexity index is 1150. The SMILES string of the molecule is CCCCCCCCCCCCCCCCCCCCCCCCCCCCCCCCCCCC(=O)OC(COC(=O)CCCCCCCCCCCCCCC)COP(=O)(O)OCC[N+](C)(C)C. The van der Waals surface area contributed by atoms with Crippen LogP contribution in [-0.2, 0) is 32.7 Å². The molecule has 0 aliphatic heterocycles. The minimum atomic E-state index is -4.37. The van der Waals surface area contributed by atoms with E-state index in [9.17, 15) is 19.0 Å². The summed E-state index contributed by atoms with van der Waals surface area (Å²) in [6.45, 7) is 4.50. The first kappa shape index (κ1) is 69.0. The van der Waals surface area contributed by atoms with Crippen molar-refractivity contribution in [1.29, 1.82) is 0 Å². The summed E-state index contributed by atoms with van der Waals surface area (Å²) in [5, 5.41) is 0. The van der Waals surface area contributed by atoms with Crippen molar-refractivity contribution in [3.8, 4) is 0 Å². The molecule has 0 bridgehead atoms. The minimum absolute atomic E-state index is 0.0373. The van der Waals surface area contributed by atoms with Crippen LogP contribution in [0, 0.1) is 0 Å². The van der Waals surface area contributed by atoms with Crippen molar-refractivity contribution in [2.75, 3.05) is 47.5 Å². The number of rotatable bonds is 58. The van der Waals surface area contributed by atoms with Crippen LogP contribution < -0.4 is 0 Å². The topological polar surface area (TPSA) is 108 Å². The predicted octanol–water partition coefficient (Wildman–Crippen LogP) is 19.0. The summed E-state index contributed by atoms with van der Waals surface area (Å²) in [6.07, 6.45) is 60.6. The summed E-state index contributed by atoms with van der Waals surface area (Å²) in [6, 6.07) is 0. The highest BCUT2D eigenvalue weighted by molar-refractivity contribution is 7.47. The number of hydrogen-bond donors (Lipinski definition) is 1. The molecule has 70 heavy (non-hydrogen) atoms. The van der Waals surface area contributed by atoms with Gasteiger partial charge in [-0.1, -0.05) is 296 Å². The van der Waals surface area contributed by atoms with Crippen molar-refractivity contribution < 1.29 is 42.1 Å². The van der Waals surface area contributed by atoms with E-state index >= 15 is 0 Å². The zero-order chi connectivity index (χ0) is 51.3. The number of phosphoric acid groups is 1. The van der Waals surface area contributed by atoms with E-state index in [1.54, 1.807) is 0 Å². The highest BCUT2D eigenvalue weighted by atomic mass is 31.2. The Morgan fingerprint density at radius 2 is 0.643 bits per heavy atom. The molecule has 9 nitrogen and oxygen atoms in total. The molecule has 1 N–H and O–H groups in total. The van der Waals surface area contributed by atoms with Crippen LogP contribution in [0.25, 0.3) is 0 Å². The van der Waals surface area contributed by atoms with Crippen LogP contribution in [0.2, 0.25) is 0 Å². The molecule has 2 unspecified atom stereocenters. The summed E-state index contributed by atoms with van der Waals surface area (Å²) in [5.74, 6) is -0.775. The van der Waals surface area contributed by atoms with Crippen LogP contribution in [0.15, 0.2) is 0 Å². The van der Waals surface area contributed by atoms with Crippen molar-refractivity contribution in [2.24, 2.45) is 0 Å². The maximum Gasteiger partial charge on any atom is 0.472 e. The normalized spacial score (nSPS) is 13.2. The molecule has 0 amide bonds. The molecule has 0 aromatic carbocycles. The van der Waals surface area contributed by atoms with Crippen molar-refractivity contribution in [3.63, 3.8) is 0 Å². The zero-order valence-electron chi connectivity index (χ0n) is 47.5. The van der Waals surface area contributed by atoms with Crippen molar-refractivity contribution in [3.05, 3.63) is 0 Å². The van der Waals surface area contributed by atoms with Crippen LogP contribution >= 0.6 is 7.82 Å². The van der Waals surface area contributed by atoms with Gasteiger partial charge in [-0.15, -0.1) is 0 Å². The highest BCUT2D eigenvalue weighted by Crippen LogP contribution is 2.43. The maximum absolute atomic E-state index is 12.8. The second-order valence-corrected chi connectivity index (χ2v) is 23.9. The van der Waals surface area contributed by atoms with Crippen molar-refractivity contribution >= 4 is 19.8 Å². The monoisotopic (exact) mass is 1010 g/mol. The van der Waals surface area contributed by atoms with E-state index in [4.69, 9.17) is 18.5 Å². The second-order valence-electron chi connectivity index (χ2n) is 22.5. The fourth-order valence-corrected chi connectivity index (χ4v) is 10.1. The molecule has 0 fully saturated rings. The van der Waals surface area contributed by atoms with Gasteiger partial charge in [0.25, 0.3) is 0 Å². The van der Waals surface area contributed by atoms with Gasteiger partial charge in [-0.3, -0.25) is 18.6 Å². The third-order valence-electron chi connectivity index (χ3n) is 14.1. The Balaban J connectivity index is 3.92. The molecular formula is C60H121NO8P+. The molecule has 0 aromatic heterocycles. The van der Waals surface area contributed by atoms with Gasteiger partial charge in [-0.2, -0.15) is 0 Å². The lowest BCUT2D eigenvalue weighted by molar-refractivity contribution is -0.870. The summed E-state index contributed by atoms with van der Waals surface area (Å²) in [5.41, 5.74) is 0. The first-order valence-electron chi connectivity index (χ1n) is 30.8. The fraction of sp³-hybridized carbons (Fsp3) is 0.967. The lowest BCUT2D eigenvalue weighted by Gasteiger charge is -2.24. The van der Waals surface area contributed by atoms with Gasteiger partial charge >= 0.3 is 19.8 Å². The Morgan fingerprint density at radius 1 is 0.386 bits per heavy atom. The van der Waals surface area contributed by atoms with Crippen molar-refractivity contribution in [2.45, 2.75) is 328 Å². The summed E-state index contributed by atoms with van der Waals surface area (Å²) >= 11 is 0. The van der Waals surface area contributed by atoms with Gasteiger partial charge in [0.2, 0.25) is 0 Å². The van der Waals surface area contributed by atoms with E-state index in [0.29, 0.717) is 17.4 Å². The van der Waals surface area contributed by atoms with E-state index in [2.05, 4.69) is 13.8 Å². The minimum Gasteiger partial charge on any atom is -0.462 e. The molecule has 0 radical (unpaired) electrons. The largest absolute Gasteiger partial charge is 0.472 e. The molecule has 2 atom stereocenters. The van der Waals surface area contributed by atoms with E-state index in [1.165, 1.54) is 257 Å². The first-order valence-corrected chi connectivity index (χ1v) is 32.3. The number of quaternary nitrogens is 1. The molecule has 0 saturated carbocycles. The van der Waals surface area contributed by atoms with Crippen LogP contribution in [0.3, 0.4) is 0 Å². The number of carbonyl (C=O) groups excluding carboxylic acids is 2. The Hall–Kier alpha value is -0.990. The Morgan fingerprint density at radius 3 is 0.914 bits per heavy atom.